The number of fused-ring (bicyclic) bond motifs is 1. The van der Waals surface area contributed by atoms with Gasteiger partial charge in [0.25, 0.3) is 20.2 Å². The lowest BCUT2D eigenvalue weighted by Gasteiger charge is -2.12. The maximum absolute atomic E-state index is 12.2. The highest BCUT2D eigenvalue weighted by atomic mass is 32.2. The van der Waals surface area contributed by atoms with Crippen molar-refractivity contribution in [2.45, 2.75) is 14.7 Å². The van der Waals surface area contributed by atoms with Crippen LogP contribution in [0.3, 0.4) is 0 Å². The maximum Gasteiger partial charge on any atom is 0.295 e. The van der Waals surface area contributed by atoms with E-state index >= 15 is 0 Å². The molecule has 0 fully saturated rings. The summed E-state index contributed by atoms with van der Waals surface area (Å²) in [6.45, 7) is 0. The lowest BCUT2D eigenvalue weighted by molar-refractivity contribution is 0.479. The molecule has 0 aromatic heterocycles. The second-order valence-corrected chi connectivity index (χ2v) is 10.3. The largest absolute Gasteiger partial charge is 0.295 e. The fraction of sp³-hybridized carbons (Fsp3) is 0. The van der Waals surface area contributed by atoms with Crippen molar-refractivity contribution in [1.29, 1.82) is 0 Å². The molecule has 0 saturated carbocycles. The Morgan fingerprint density at radius 1 is 0.767 bits per heavy atom. The van der Waals surface area contributed by atoms with Crippen molar-refractivity contribution in [1.82, 2.24) is 0 Å². The molecule has 0 bridgehead atoms. The SMILES string of the molecule is NS(=O)(=O)c1c(S(=O)(=O)O)cc2cc(S(=O)(=O)O)ccc2c1N=Nc1ccccc1. The summed E-state index contributed by atoms with van der Waals surface area (Å²) in [5.74, 6) is 0. The van der Waals surface area contributed by atoms with Crippen LogP contribution in [-0.4, -0.2) is 34.4 Å². The fourth-order valence-corrected chi connectivity index (χ4v) is 5.20. The van der Waals surface area contributed by atoms with Crippen LogP contribution in [0.4, 0.5) is 11.4 Å². The Hall–Kier alpha value is -2.75. The zero-order valence-corrected chi connectivity index (χ0v) is 17.2. The first kappa shape index (κ1) is 21.9. The van der Waals surface area contributed by atoms with Gasteiger partial charge in [-0.2, -0.15) is 21.9 Å². The van der Waals surface area contributed by atoms with Crippen LogP contribution in [0.2, 0.25) is 0 Å². The van der Waals surface area contributed by atoms with Crippen molar-refractivity contribution in [3.05, 3.63) is 54.6 Å². The van der Waals surface area contributed by atoms with Gasteiger partial charge < -0.3 is 0 Å². The molecule has 3 rings (SSSR count). The average molecular weight is 471 g/mol. The number of rotatable bonds is 5. The van der Waals surface area contributed by atoms with Crippen molar-refractivity contribution < 1.29 is 34.4 Å². The van der Waals surface area contributed by atoms with Crippen LogP contribution in [-0.2, 0) is 30.3 Å². The minimum Gasteiger partial charge on any atom is -0.282 e. The number of nitrogens with zero attached hydrogens (tertiary/aromatic N) is 2. The molecule has 0 atom stereocenters. The normalized spacial score (nSPS) is 13.2. The number of nitrogens with two attached hydrogens (primary N) is 1. The highest BCUT2D eigenvalue weighted by Gasteiger charge is 2.29. The first-order valence-electron chi connectivity index (χ1n) is 7.84. The molecule has 0 spiro atoms. The van der Waals surface area contributed by atoms with Crippen LogP contribution in [0, 0.1) is 0 Å². The molecule has 0 aliphatic heterocycles. The van der Waals surface area contributed by atoms with Crippen molar-refractivity contribution >= 4 is 52.4 Å². The van der Waals surface area contributed by atoms with E-state index in [1.165, 1.54) is 12.1 Å². The Morgan fingerprint density at radius 2 is 1.40 bits per heavy atom. The molecule has 0 radical (unpaired) electrons. The molecule has 14 heteroatoms. The summed E-state index contributed by atoms with van der Waals surface area (Å²) in [5, 5.41) is 12.6. The number of primary sulfonamides is 1. The second kappa shape index (κ2) is 7.50. The van der Waals surface area contributed by atoms with E-state index in [-0.39, 0.29) is 16.5 Å². The summed E-state index contributed by atoms with van der Waals surface area (Å²) in [6, 6.07) is 11.7. The van der Waals surface area contributed by atoms with Crippen LogP contribution in [0.15, 0.2) is 79.5 Å². The molecule has 4 N–H and O–H groups in total. The van der Waals surface area contributed by atoms with Gasteiger partial charge in [-0.3, -0.25) is 9.11 Å². The quantitative estimate of drug-likeness (QED) is 0.372. The third-order valence-electron chi connectivity index (χ3n) is 3.89. The van der Waals surface area contributed by atoms with Gasteiger partial charge >= 0.3 is 0 Å². The van der Waals surface area contributed by atoms with Crippen molar-refractivity contribution in [2.24, 2.45) is 15.4 Å². The summed E-state index contributed by atoms with van der Waals surface area (Å²) in [7, 11) is -14.5. The number of benzene rings is 3. The van der Waals surface area contributed by atoms with Crippen LogP contribution in [0.1, 0.15) is 0 Å². The lowest BCUT2D eigenvalue weighted by atomic mass is 10.1. The smallest absolute Gasteiger partial charge is 0.282 e. The van der Waals surface area contributed by atoms with Crippen LogP contribution < -0.4 is 5.14 Å². The van der Waals surface area contributed by atoms with Gasteiger partial charge in [-0.25, -0.2) is 13.6 Å². The van der Waals surface area contributed by atoms with Crippen LogP contribution in [0.25, 0.3) is 10.8 Å². The molecule has 0 unspecified atom stereocenters. The van der Waals surface area contributed by atoms with E-state index in [1.807, 2.05) is 0 Å². The number of hydrogen-bond donors (Lipinski definition) is 3. The van der Waals surface area contributed by atoms with Gasteiger partial charge in [0.2, 0.25) is 10.0 Å². The Kier molecular flexibility index (Phi) is 5.48. The summed E-state index contributed by atoms with van der Waals surface area (Å²) in [6.07, 6.45) is 0. The molecule has 30 heavy (non-hydrogen) atoms. The summed E-state index contributed by atoms with van der Waals surface area (Å²) < 4.78 is 89.6. The van der Waals surface area contributed by atoms with E-state index in [4.69, 9.17) is 5.14 Å². The van der Waals surface area contributed by atoms with Gasteiger partial charge in [-0.1, -0.05) is 24.3 Å². The minimum atomic E-state index is -5.13. The van der Waals surface area contributed by atoms with E-state index in [0.717, 1.165) is 18.2 Å². The summed E-state index contributed by atoms with van der Waals surface area (Å²) >= 11 is 0. The molecule has 3 aromatic rings. The first-order chi connectivity index (χ1) is 13.8. The fourth-order valence-electron chi connectivity index (χ4n) is 2.65. The molecule has 0 aliphatic rings. The van der Waals surface area contributed by atoms with Crippen molar-refractivity contribution in [3.8, 4) is 0 Å². The average Bonchev–Trinajstić information content (AvgIpc) is 2.63. The van der Waals surface area contributed by atoms with Crippen molar-refractivity contribution in [2.75, 3.05) is 0 Å². The zero-order valence-electron chi connectivity index (χ0n) is 14.7. The number of hydrogen-bond acceptors (Lipinski definition) is 8. The maximum atomic E-state index is 12.2. The second-order valence-electron chi connectivity index (χ2n) is 5.97. The van der Waals surface area contributed by atoms with E-state index < -0.39 is 50.6 Å². The highest BCUT2D eigenvalue weighted by Crippen LogP contribution is 2.39. The molecule has 3 aromatic carbocycles. The molecule has 0 saturated heterocycles. The van der Waals surface area contributed by atoms with Gasteiger partial charge in [0.1, 0.15) is 15.5 Å². The Morgan fingerprint density at radius 3 is 1.93 bits per heavy atom. The first-order valence-corrected chi connectivity index (χ1v) is 12.3. The van der Waals surface area contributed by atoms with E-state index in [0.29, 0.717) is 6.07 Å². The molecule has 0 amide bonds. The highest BCUT2D eigenvalue weighted by molar-refractivity contribution is 7.91. The Labute approximate surface area is 171 Å². The lowest BCUT2D eigenvalue weighted by Crippen LogP contribution is -2.17. The zero-order chi connectivity index (χ0) is 22.3. The molecule has 0 heterocycles. The number of azo groups is 1. The molecule has 11 nitrogen and oxygen atoms in total. The van der Waals surface area contributed by atoms with Crippen molar-refractivity contribution in [3.63, 3.8) is 0 Å². The predicted octanol–water partition coefficient (Wildman–Crippen LogP) is 2.40. The van der Waals surface area contributed by atoms with E-state index in [9.17, 15) is 34.4 Å². The van der Waals surface area contributed by atoms with Gasteiger partial charge in [0.15, 0.2) is 0 Å². The third-order valence-corrected chi connectivity index (χ3v) is 6.72. The topological polar surface area (TPSA) is 194 Å². The predicted molar refractivity (Wildman–Crippen MR) is 106 cm³/mol. The standard InChI is InChI=1S/C16H13N3O8S3/c17-28(20,21)16-14(30(25,26)27)9-10-8-12(29(22,23)24)6-7-13(10)15(16)19-18-11-4-2-1-3-5-11/h1-9H,(H2,17,20,21)(H,22,23,24)(H,25,26,27). The molecule has 158 valence electrons. The Balaban J connectivity index is 2.49. The Bertz CT molecular complexity index is 1500. The molecule has 0 aliphatic carbocycles. The molecular formula is C16H13N3O8S3. The number of sulfonamides is 1. The van der Waals surface area contributed by atoms with Crippen LogP contribution in [0.5, 0.6) is 0 Å². The van der Waals surface area contributed by atoms with E-state index in [2.05, 4.69) is 10.2 Å². The van der Waals surface area contributed by atoms with Gasteiger partial charge in [0, 0.05) is 5.39 Å². The summed E-state index contributed by atoms with van der Waals surface area (Å²) in [5.41, 5.74) is -0.244. The van der Waals surface area contributed by atoms with Gasteiger partial charge in [-0.05, 0) is 35.7 Å². The third kappa shape index (κ3) is 4.53. The minimum absolute atomic E-state index is 0.0430. The summed E-state index contributed by atoms with van der Waals surface area (Å²) in [4.78, 5) is -2.73. The van der Waals surface area contributed by atoms with Crippen LogP contribution >= 0.6 is 0 Å². The van der Waals surface area contributed by atoms with Gasteiger partial charge in [0.05, 0.1) is 10.6 Å². The van der Waals surface area contributed by atoms with E-state index in [1.54, 1.807) is 18.2 Å². The monoisotopic (exact) mass is 471 g/mol. The van der Waals surface area contributed by atoms with Gasteiger partial charge in [-0.15, -0.1) is 5.11 Å². The molecular weight excluding hydrogens is 458 g/mol.